The molecular weight excluding hydrogens is 483 g/mol. The first-order chi connectivity index (χ1) is 16.8. The van der Waals surface area contributed by atoms with Crippen LogP contribution in [0.5, 0.6) is 5.75 Å². The second-order valence-electron chi connectivity index (χ2n) is 7.93. The molecule has 2 aromatic rings. The average Bonchev–Trinajstić information content (AvgIpc) is 2.81. The lowest BCUT2D eigenvalue weighted by molar-refractivity contribution is -0.192. The molecule has 0 bridgehead atoms. The van der Waals surface area contributed by atoms with Crippen LogP contribution in [-0.2, 0) is 22.6 Å². The highest BCUT2D eigenvalue weighted by Gasteiger charge is 2.38. The molecule has 1 aliphatic heterocycles. The van der Waals surface area contributed by atoms with Crippen molar-refractivity contribution in [1.82, 2.24) is 4.90 Å². The molecule has 0 saturated heterocycles. The fourth-order valence-corrected chi connectivity index (χ4v) is 3.54. The van der Waals surface area contributed by atoms with Crippen LogP contribution >= 0.6 is 0 Å². The Hall–Kier alpha value is -4.09. The van der Waals surface area contributed by atoms with Gasteiger partial charge in [0, 0.05) is 23.7 Å². The van der Waals surface area contributed by atoms with E-state index >= 15 is 0 Å². The Labute approximate surface area is 204 Å². The predicted molar refractivity (Wildman–Crippen MR) is 123 cm³/mol. The van der Waals surface area contributed by atoms with E-state index in [1.54, 1.807) is 29.2 Å². The van der Waals surface area contributed by atoms with Crippen LogP contribution in [0.25, 0.3) is 0 Å². The van der Waals surface area contributed by atoms with Crippen molar-refractivity contribution in [2.24, 2.45) is 5.73 Å². The van der Waals surface area contributed by atoms with Crippen molar-refractivity contribution >= 4 is 23.7 Å². The number of nitrogens with zero attached hydrogens (tertiary/aromatic N) is 1. The normalized spacial score (nSPS) is 13.7. The fraction of sp³-hybridized carbons (Fsp3) is 0.333. The highest BCUT2D eigenvalue weighted by molar-refractivity contribution is 5.97. The zero-order valence-corrected chi connectivity index (χ0v) is 19.3. The van der Waals surface area contributed by atoms with Crippen molar-refractivity contribution in [3.63, 3.8) is 0 Å². The Morgan fingerprint density at radius 3 is 2.28 bits per heavy atom. The number of alkyl halides is 3. The van der Waals surface area contributed by atoms with Crippen LogP contribution in [0.4, 0.5) is 13.2 Å². The van der Waals surface area contributed by atoms with Gasteiger partial charge < -0.3 is 25.6 Å². The molecule has 12 heteroatoms. The van der Waals surface area contributed by atoms with Gasteiger partial charge in [-0.05, 0) is 42.2 Å². The summed E-state index contributed by atoms with van der Waals surface area (Å²) in [7, 11) is 0. The SMILES string of the molecule is CCC(CC(=O)O)N1CCc2cc(OCc3ccc(C(=N)N)cc3)ccc2C1=O.O=C(O)C(F)(F)F. The number of fused-ring (bicyclic) bond motifs is 1. The second-order valence-corrected chi connectivity index (χ2v) is 7.93. The number of nitrogens with one attached hydrogen (secondary N) is 1. The minimum Gasteiger partial charge on any atom is -0.489 e. The van der Waals surface area contributed by atoms with Crippen molar-refractivity contribution < 1.29 is 42.5 Å². The van der Waals surface area contributed by atoms with E-state index in [-0.39, 0.29) is 24.2 Å². The zero-order chi connectivity index (χ0) is 27.0. The van der Waals surface area contributed by atoms with Crippen molar-refractivity contribution in [2.75, 3.05) is 6.54 Å². The Kier molecular flexibility index (Phi) is 9.42. The van der Waals surface area contributed by atoms with Crippen LogP contribution in [-0.4, -0.2) is 57.6 Å². The summed E-state index contributed by atoms with van der Waals surface area (Å²) in [6.45, 7) is 2.78. The van der Waals surface area contributed by atoms with Crippen LogP contribution in [0, 0.1) is 5.41 Å². The standard InChI is InChI=1S/C22H25N3O4.C2HF3O2/c1-2-17(12-20(26)27)25-10-9-16-11-18(7-8-19(16)22(25)28)29-13-14-3-5-15(6-4-14)21(23)24;3-2(4,5)1(6)7/h3-8,11,17H,2,9-10,12-13H2,1H3,(H3,23,24)(H,26,27);(H,6,7). The molecule has 5 N–H and O–H groups in total. The predicted octanol–water partition coefficient (Wildman–Crippen LogP) is 3.43. The van der Waals surface area contributed by atoms with Gasteiger partial charge in [-0.25, -0.2) is 4.79 Å². The number of hydrogen-bond donors (Lipinski definition) is 4. The van der Waals surface area contributed by atoms with E-state index in [9.17, 15) is 22.8 Å². The van der Waals surface area contributed by atoms with Crippen LogP contribution < -0.4 is 10.5 Å². The van der Waals surface area contributed by atoms with E-state index in [4.69, 9.17) is 30.9 Å². The van der Waals surface area contributed by atoms with Gasteiger partial charge >= 0.3 is 18.1 Å². The smallest absolute Gasteiger partial charge is 0.489 e. The zero-order valence-electron chi connectivity index (χ0n) is 19.3. The lowest BCUT2D eigenvalue weighted by Gasteiger charge is -2.34. The maximum atomic E-state index is 12.8. The van der Waals surface area contributed by atoms with Crippen molar-refractivity contribution in [3.8, 4) is 5.75 Å². The number of carbonyl (C=O) groups is 3. The van der Waals surface area contributed by atoms with Crippen molar-refractivity contribution in [3.05, 3.63) is 64.7 Å². The highest BCUT2D eigenvalue weighted by Crippen LogP contribution is 2.27. The number of carboxylic acids is 2. The average molecular weight is 509 g/mol. The molecule has 0 aliphatic carbocycles. The largest absolute Gasteiger partial charge is 0.490 e. The van der Waals surface area contributed by atoms with Crippen LogP contribution in [0.1, 0.15) is 46.8 Å². The number of carboxylic acid groups (broad SMARTS) is 2. The summed E-state index contributed by atoms with van der Waals surface area (Å²) in [4.78, 5) is 34.5. The van der Waals surface area contributed by atoms with Gasteiger partial charge in [0.05, 0.1) is 6.42 Å². The topological polar surface area (TPSA) is 154 Å². The number of nitrogen functional groups attached to an aromatic ring is 1. The third kappa shape index (κ3) is 7.72. The summed E-state index contributed by atoms with van der Waals surface area (Å²) in [5.74, 6) is -3.06. The molecule has 0 saturated carbocycles. The molecule has 1 heterocycles. The molecular formula is C24H26F3N3O6. The molecule has 0 spiro atoms. The van der Waals surface area contributed by atoms with Crippen molar-refractivity contribution in [2.45, 2.75) is 45.0 Å². The number of carbonyl (C=O) groups excluding carboxylic acids is 1. The maximum absolute atomic E-state index is 12.8. The van der Waals surface area contributed by atoms with Gasteiger partial charge in [-0.15, -0.1) is 0 Å². The van der Waals surface area contributed by atoms with Gasteiger partial charge in [0.25, 0.3) is 5.91 Å². The Bertz CT molecular complexity index is 1120. The number of amidine groups is 1. The highest BCUT2D eigenvalue weighted by atomic mass is 19.4. The number of ether oxygens (including phenoxy) is 1. The molecule has 1 unspecified atom stereocenters. The quantitative estimate of drug-likeness (QED) is 0.314. The first kappa shape index (κ1) is 28.1. The molecule has 194 valence electrons. The van der Waals surface area contributed by atoms with E-state index in [0.717, 1.165) is 11.1 Å². The third-order valence-corrected chi connectivity index (χ3v) is 5.43. The van der Waals surface area contributed by atoms with E-state index in [2.05, 4.69) is 0 Å². The van der Waals surface area contributed by atoms with Crippen LogP contribution in [0.3, 0.4) is 0 Å². The second kappa shape index (κ2) is 12.0. The third-order valence-electron chi connectivity index (χ3n) is 5.43. The molecule has 0 aromatic heterocycles. The first-order valence-corrected chi connectivity index (χ1v) is 10.8. The Balaban J connectivity index is 0.000000572. The molecule has 36 heavy (non-hydrogen) atoms. The summed E-state index contributed by atoms with van der Waals surface area (Å²) in [5, 5.41) is 23.6. The molecule has 1 aliphatic rings. The lowest BCUT2D eigenvalue weighted by atomic mass is 9.96. The number of aliphatic carboxylic acids is 2. The first-order valence-electron chi connectivity index (χ1n) is 10.8. The minimum atomic E-state index is -5.08. The van der Waals surface area contributed by atoms with E-state index in [1.165, 1.54) is 0 Å². The van der Waals surface area contributed by atoms with Gasteiger partial charge in [-0.2, -0.15) is 13.2 Å². The lowest BCUT2D eigenvalue weighted by Crippen LogP contribution is -2.45. The number of hydrogen-bond acceptors (Lipinski definition) is 5. The number of nitrogens with two attached hydrogens (primary N) is 1. The monoisotopic (exact) mass is 509 g/mol. The molecule has 0 radical (unpaired) electrons. The maximum Gasteiger partial charge on any atom is 0.490 e. The van der Waals surface area contributed by atoms with Gasteiger partial charge in [-0.3, -0.25) is 15.0 Å². The summed E-state index contributed by atoms with van der Waals surface area (Å²) in [6, 6.07) is 12.4. The molecule has 2 aromatic carbocycles. The fourth-order valence-electron chi connectivity index (χ4n) is 3.54. The van der Waals surface area contributed by atoms with E-state index < -0.39 is 18.1 Å². The van der Waals surface area contributed by atoms with Gasteiger partial charge in [0.1, 0.15) is 18.2 Å². The summed E-state index contributed by atoms with van der Waals surface area (Å²) >= 11 is 0. The van der Waals surface area contributed by atoms with Gasteiger partial charge in [-0.1, -0.05) is 31.2 Å². The summed E-state index contributed by atoms with van der Waals surface area (Å²) in [6.07, 6.45) is -3.85. The number of rotatable bonds is 8. The Morgan fingerprint density at radius 1 is 1.17 bits per heavy atom. The number of amides is 1. The van der Waals surface area contributed by atoms with Crippen molar-refractivity contribution in [1.29, 1.82) is 5.41 Å². The van der Waals surface area contributed by atoms with E-state index in [1.807, 2.05) is 25.1 Å². The number of halogens is 3. The summed E-state index contributed by atoms with van der Waals surface area (Å²) < 4.78 is 37.6. The Morgan fingerprint density at radius 2 is 1.78 bits per heavy atom. The molecule has 1 atom stereocenters. The molecule has 1 amide bonds. The minimum absolute atomic E-state index is 0.0273. The van der Waals surface area contributed by atoms with Gasteiger partial charge in [0.15, 0.2) is 0 Å². The molecule has 3 rings (SSSR count). The number of benzene rings is 2. The van der Waals surface area contributed by atoms with Crippen LogP contribution in [0.15, 0.2) is 42.5 Å². The molecule has 0 fully saturated rings. The van der Waals surface area contributed by atoms with E-state index in [0.29, 0.717) is 42.9 Å². The van der Waals surface area contributed by atoms with Gasteiger partial charge in [0.2, 0.25) is 0 Å². The van der Waals surface area contributed by atoms with Crippen LogP contribution in [0.2, 0.25) is 0 Å². The molecule has 9 nitrogen and oxygen atoms in total. The summed E-state index contributed by atoms with van der Waals surface area (Å²) in [5.41, 5.74) is 8.60.